The molecule has 0 fully saturated rings. The molecule has 0 rings (SSSR count). The molecular weight excluding hydrogens is 281 g/mol. The molecule has 0 saturated heterocycles. The highest BCUT2D eigenvalue weighted by Gasteiger charge is 2.42. The minimum atomic E-state index is -4.88. The molecule has 0 spiro atoms. The molecule has 5 heteroatoms. The molecule has 0 amide bonds. The average Bonchev–Trinajstić information content (AvgIpc) is 2.40. The molecule has 1 atom stereocenters. The van der Waals surface area contributed by atoms with Crippen LogP contribution in [0.4, 0.5) is 13.2 Å². The van der Waals surface area contributed by atoms with Crippen LogP contribution in [-0.2, 0) is 9.53 Å². The highest BCUT2D eigenvalue weighted by atomic mass is 19.4. The van der Waals surface area contributed by atoms with Crippen LogP contribution in [0.15, 0.2) is 0 Å². The summed E-state index contributed by atoms with van der Waals surface area (Å²) in [5.74, 6) is -2.06. The van der Waals surface area contributed by atoms with Crippen molar-refractivity contribution in [3.8, 4) is 0 Å². The van der Waals surface area contributed by atoms with Gasteiger partial charge >= 0.3 is 12.1 Å². The normalized spacial score (nSPS) is 13.2. The van der Waals surface area contributed by atoms with Crippen LogP contribution in [0.25, 0.3) is 0 Å². The molecule has 1 unspecified atom stereocenters. The van der Waals surface area contributed by atoms with Gasteiger partial charge in [-0.3, -0.25) is 0 Å². The van der Waals surface area contributed by atoms with Gasteiger partial charge in [0.2, 0.25) is 0 Å². The van der Waals surface area contributed by atoms with E-state index in [1.54, 1.807) is 0 Å². The zero-order chi connectivity index (χ0) is 16.1. The van der Waals surface area contributed by atoms with E-state index in [-0.39, 0.29) is 0 Å². The molecule has 0 bridgehead atoms. The second-order valence-electron chi connectivity index (χ2n) is 5.58. The van der Waals surface area contributed by atoms with E-state index in [0.29, 0.717) is 19.3 Å². The third-order valence-electron chi connectivity index (χ3n) is 3.50. The van der Waals surface area contributed by atoms with E-state index in [0.717, 1.165) is 19.3 Å². The predicted octanol–water partition coefficient (Wildman–Crippen LogP) is 5.79. The Balaban J connectivity index is 3.77. The van der Waals surface area contributed by atoms with Crippen LogP contribution >= 0.6 is 0 Å². The topological polar surface area (TPSA) is 26.3 Å². The molecule has 0 aliphatic carbocycles. The van der Waals surface area contributed by atoms with E-state index in [1.165, 1.54) is 32.1 Å². The summed E-state index contributed by atoms with van der Waals surface area (Å²) in [5, 5.41) is 0. The number of hydrogen-bond donors (Lipinski definition) is 0. The third kappa shape index (κ3) is 11.6. The number of esters is 1. The van der Waals surface area contributed by atoms with Crippen molar-refractivity contribution in [2.75, 3.05) is 0 Å². The van der Waals surface area contributed by atoms with Gasteiger partial charge in [0.25, 0.3) is 0 Å². The van der Waals surface area contributed by atoms with Gasteiger partial charge in [0.05, 0.1) is 0 Å². The standard InChI is InChI=1S/C16H29F3O2/c1-3-5-6-7-8-9-10-11-13-14(12-4-2)21-15(20)16(17,18)19/h14H,3-13H2,1-2H3. The molecule has 2 nitrogen and oxygen atoms in total. The number of halogens is 3. The first-order chi connectivity index (χ1) is 9.91. The van der Waals surface area contributed by atoms with Gasteiger partial charge in [0.15, 0.2) is 0 Å². The van der Waals surface area contributed by atoms with Crippen LogP contribution in [0.5, 0.6) is 0 Å². The molecule has 0 aromatic rings. The summed E-state index contributed by atoms with van der Waals surface area (Å²) in [6.45, 7) is 4.05. The maximum absolute atomic E-state index is 12.2. The first kappa shape index (κ1) is 20.3. The van der Waals surface area contributed by atoms with Crippen LogP contribution in [0.1, 0.15) is 84.5 Å². The van der Waals surface area contributed by atoms with Crippen molar-refractivity contribution in [2.24, 2.45) is 0 Å². The smallest absolute Gasteiger partial charge is 0.456 e. The number of hydrogen-bond acceptors (Lipinski definition) is 2. The van der Waals surface area contributed by atoms with Gasteiger partial charge in [-0.25, -0.2) is 4.79 Å². The molecule has 0 aliphatic rings. The van der Waals surface area contributed by atoms with Gasteiger partial charge < -0.3 is 4.74 Å². The van der Waals surface area contributed by atoms with Gasteiger partial charge in [0.1, 0.15) is 6.10 Å². The Bertz CT molecular complexity index is 265. The van der Waals surface area contributed by atoms with E-state index in [2.05, 4.69) is 11.7 Å². The summed E-state index contributed by atoms with van der Waals surface area (Å²) in [6.07, 6.45) is 5.36. The van der Waals surface area contributed by atoms with Crippen molar-refractivity contribution in [2.45, 2.75) is 96.8 Å². The van der Waals surface area contributed by atoms with Crippen LogP contribution in [-0.4, -0.2) is 18.2 Å². The lowest BCUT2D eigenvalue weighted by Crippen LogP contribution is -2.30. The Morgan fingerprint density at radius 1 is 0.857 bits per heavy atom. The Hall–Kier alpha value is -0.740. The van der Waals surface area contributed by atoms with E-state index in [9.17, 15) is 18.0 Å². The maximum Gasteiger partial charge on any atom is 0.490 e. The number of ether oxygens (including phenoxy) is 1. The average molecular weight is 310 g/mol. The molecule has 21 heavy (non-hydrogen) atoms. The lowest BCUT2D eigenvalue weighted by atomic mass is 10.0. The molecule has 0 aliphatic heterocycles. The zero-order valence-corrected chi connectivity index (χ0v) is 13.3. The number of carbonyl (C=O) groups is 1. The maximum atomic E-state index is 12.2. The van der Waals surface area contributed by atoms with Crippen LogP contribution < -0.4 is 0 Å². The Labute approximate surface area is 126 Å². The zero-order valence-electron chi connectivity index (χ0n) is 13.3. The van der Waals surface area contributed by atoms with Gasteiger partial charge in [0, 0.05) is 0 Å². The fourth-order valence-corrected chi connectivity index (χ4v) is 2.31. The fraction of sp³-hybridized carbons (Fsp3) is 0.938. The summed E-state index contributed by atoms with van der Waals surface area (Å²) in [5.41, 5.74) is 0. The summed E-state index contributed by atoms with van der Waals surface area (Å²) >= 11 is 0. The van der Waals surface area contributed by atoms with Crippen molar-refractivity contribution in [1.82, 2.24) is 0 Å². The van der Waals surface area contributed by atoms with Crippen molar-refractivity contribution in [3.05, 3.63) is 0 Å². The minimum absolute atomic E-state index is 0.498. The summed E-state index contributed by atoms with van der Waals surface area (Å²) < 4.78 is 41.0. The minimum Gasteiger partial charge on any atom is -0.456 e. The van der Waals surface area contributed by atoms with E-state index < -0.39 is 18.2 Å². The summed E-state index contributed by atoms with van der Waals surface area (Å²) in [6, 6.07) is 0. The molecule has 126 valence electrons. The first-order valence-corrected chi connectivity index (χ1v) is 8.19. The predicted molar refractivity (Wildman–Crippen MR) is 78.1 cm³/mol. The Kier molecular flexibility index (Phi) is 11.5. The van der Waals surface area contributed by atoms with Crippen LogP contribution in [0.3, 0.4) is 0 Å². The van der Waals surface area contributed by atoms with Gasteiger partial charge in [-0.2, -0.15) is 13.2 Å². The molecule has 0 aromatic heterocycles. The van der Waals surface area contributed by atoms with Gasteiger partial charge in [-0.15, -0.1) is 0 Å². The number of carbonyl (C=O) groups excluding carboxylic acids is 1. The second-order valence-corrected chi connectivity index (χ2v) is 5.58. The SMILES string of the molecule is CCCCCCCCCCC(CCC)OC(=O)C(F)(F)F. The van der Waals surface area contributed by atoms with Crippen LogP contribution in [0, 0.1) is 0 Å². The lowest BCUT2D eigenvalue weighted by Gasteiger charge is -2.18. The quantitative estimate of drug-likeness (QED) is 0.337. The molecule has 0 saturated carbocycles. The molecular formula is C16H29F3O2. The second kappa shape index (κ2) is 11.9. The summed E-state index contributed by atoms with van der Waals surface area (Å²) in [4.78, 5) is 10.8. The first-order valence-electron chi connectivity index (χ1n) is 8.19. The van der Waals surface area contributed by atoms with Crippen molar-refractivity contribution >= 4 is 5.97 Å². The van der Waals surface area contributed by atoms with Gasteiger partial charge in [-0.1, -0.05) is 65.2 Å². The number of rotatable bonds is 12. The highest BCUT2D eigenvalue weighted by molar-refractivity contribution is 5.75. The van der Waals surface area contributed by atoms with E-state index in [1.807, 2.05) is 6.92 Å². The third-order valence-corrected chi connectivity index (χ3v) is 3.50. The Morgan fingerprint density at radius 3 is 1.86 bits per heavy atom. The van der Waals surface area contributed by atoms with Crippen molar-refractivity contribution in [1.29, 1.82) is 0 Å². The molecule has 0 aromatic carbocycles. The fourth-order valence-electron chi connectivity index (χ4n) is 2.31. The molecule has 0 radical (unpaired) electrons. The molecule has 0 heterocycles. The highest BCUT2D eigenvalue weighted by Crippen LogP contribution is 2.21. The number of unbranched alkanes of at least 4 members (excludes halogenated alkanes) is 7. The largest absolute Gasteiger partial charge is 0.490 e. The van der Waals surface area contributed by atoms with E-state index in [4.69, 9.17) is 0 Å². The monoisotopic (exact) mass is 310 g/mol. The van der Waals surface area contributed by atoms with Gasteiger partial charge in [-0.05, 0) is 19.3 Å². The lowest BCUT2D eigenvalue weighted by molar-refractivity contribution is -0.205. The van der Waals surface area contributed by atoms with E-state index >= 15 is 0 Å². The number of alkyl halides is 3. The van der Waals surface area contributed by atoms with Crippen molar-refractivity contribution in [3.63, 3.8) is 0 Å². The summed E-state index contributed by atoms with van der Waals surface area (Å²) in [7, 11) is 0. The molecule has 0 N–H and O–H groups in total. The van der Waals surface area contributed by atoms with Crippen LogP contribution in [0.2, 0.25) is 0 Å². The Morgan fingerprint density at radius 2 is 1.38 bits per heavy atom. The van der Waals surface area contributed by atoms with Crippen molar-refractivity contribution < 1.29 is 22.7 Å².